The summed E-state index contributed by atoms with van der Waals surface area (Å²) in [5.41, 5.74) is 1.40. The molecule has 1 aliphatic heterocycles. The maximum absolute atomic E-state index is 11.9. The summed E-state index contributed by atoms with van der Waals surface area (Å²) >= 11 is 0. The summed E-state index contributed by atoms with van der Waals surface area (Å²) in [7, 11) is 0. The van der Waals surface area contributed by atoms with E-state index < -0.39 is 0 Å². The SMILES string of the molecule is CCNC(=NCC(=O)NC1CC1)N1CCC(Cc2ccccc2)C1. The third kappa shape index (κ3) is 4.98. The van der Waals surface area contributed by atoms with Gasteiger partial charge in [0, 0.05) is 25.7 Å². The van der Waals surface area contributed by atoms with Gasteiger partial charge in [-0.05, 0) is 44.1 Å². The van der Waals surface area contributed by atoms with Crippen LogP contribution in [0.4, 0.5) is 0 Å². The minimum absolute atomic E-state index is 0.0351. The Balaban J connectivity index is 1.52. The lowest BCUT2D eigenvalue weighted by Crippen LogP contribution is -2.41. The lowest BCUT2D eigenvalue weighted by Gasteiger charge is -2.21. The Labute approximate surface area is 144 Å². The summed E-state index contributed by atoms with van der Waals surface area (Å²) in [6.07, 6.45) is 4.51. The fourth-order valence-electron chi connectivity index (χ4n) is 3.21. The smallest absolute Gasteiger partial charge is 0.242 e. The van der Waals surface area contributed by atoms with E-state index in [0.29, 0.717) is 12.0 Å². The molecule has 2 N–H and O–H groups in total. The van der Waals surface area contributed by atoms with E-state index in [2.05, 4.69) is 57.8 Å². The van der Waals surface area contributed by atoms with Gasteiger partial charge < -0.3 is 15.5 Å². The first-order valence-electron chi connectivity index (χ1n) is 9.11. The Morgan fingerprint density at radius 2 is 2.04 bits per heavy atom. The summed E-state index contributed by atoms with van der Waals surface area (Å²) in [6.45, 7) is 5.12. The maximum Gasteiger partial charge on any atom is 0.242 e. The standard InChI is InChI=1S/C19H28N4O/c1-2-20-19(21-13-18(24)22-17-8-9-17)23-11-10-16(14-23)12-15-6-4-3-5-7-15/h3-7,16-17H,2,8-14H2,1H3,(H,20,21)(H,22,24). The molecule has 2 fully saturated rings. The van der Waals surface area contributed by atoms with Gasteiger partial charge in [0.15, 0.2) is 5.96 Å². The minimum Gasteiger partial charge on any atom is -0.357 e. The highest BCUT2D eigenvalue weighted by molar-refractivity contribution is 5.85. The molecule has 3 rings (SSSR count). The summed E-state index contributed by atoms with van der Waals surface area (Å²) in [6, 6.07) is 11.1. The number of amides is 1. The predicted octanol–water partition coefficient (Wildman–Crippen LogP) is 1.80. The van der Waals surface area contributed by atoms with E-state index in [1.807, 2.05) is 0 Å². The molecule has 0 bridgehead atoms. The number of nitrogens with zero attached hydrogens (tertiary/aromatic N) is 2. The quantitative estimate of drug-likeness (QED) is 0.618. The second-order valence-electron chi connectivity index (χ2n) is 6.80. The lowest BCUT2D eigenvalue weighted by atomic mass is 9.99. The van der Waals surface area contributed by atoms with Gasteiger partial charge in [-0.1, -0.05) is 30.3 Å². The highest BCUT2D eigenvalue weighted by atomic mass is 16.2. The van der Waals surface area contributed by atoms with E-state index in [0.717, 1.165) is 44.9 Å². The van der Waals surface area contributed by atoms with Crippen LogP contribution in [-0.2, 0) is 11.2 Å². The number of hydrogen-bond donors (Lipinski definition) is 2. The molecule has 0 aromatic heterocycles. The normalized spacial score (nSPS) is 21.0. The zero-order valence-electron chi connectivity index (χ0n) is 14.5. The molecule has 1 heterocycles. The van der Waals surface area contributed by atoms with Crippen LogP contribution < -0.4 is 10.6 Å². The first-order chi connectivity index (χ1) is 11.7. The Morgan fingerprint density at radius 3 is 2.75 bits per heavy atom. The maximum atomic E-state index is 11.9. The van der Waals surface area contributed by atoms with Crippen molar-refractivity contribution in [2.45, 2.75) is 38.6 Å². The monoisotopic (exact) mass is 328 g/mol. The largest absolute Gasteiger partial charge is 0.357 e. The van der Waals surface area contributed by atoms with E-state index in [9.17, 15) is 4.79 Å². The van der Waals surface area contributed by atoms with Gasteiger partial charge >= 0.3 is 0 Å². The van der Waals surface area contributed by atoms with Crippen molar-refractivity contribution >= 4 is 11.9 Å². The van der Waals surface area contributed by atoms with Crippen molar-refractivity contribution in [3.05, 3.63) is 35.9 Å². The number of guanidine groups is 1. The van der Waals surface area contributed by atoms with Crippen LogP contribution in [0.2, 0.25) is 0 Å². The topological polar surface area (TPSA) is 56.7 Å². The number of hydrogen-bond acceptors (Lipinski definition) is 2. The number of rotatable bonds is 6. The Bertz CT molecular complexity index is 568. The molecule has 1 aliphatic carbocycles. The molecule has 1 aromatic rings. The number of aliphatic imine (C=N–C) groups is 1. The molecule has 5 heteroatoms. The van der Waals surface area contributed by atoms with Crippen LogP contribution in [0, 0.1) is 5.92 Å². The van der Waals surface area contributed by atoms with Crippen molar-refractivity contribution in [1.29, 1.82) is 0 Å². The third-order valence-corrected chi connectivity index (χ3v) is 4.60. The molecule has 1 aromatic carbocycles. The van der Waals surface area contributed by atoms with Crippen LogP contribution in [0.3, 0.4) is 0 Å². The van der Waals surface area contributed by atoms with Crippen molar-refractivity contribution in [3.63, 3.8) is 0 Å². The molecule has 1 amide bonds. The highest BCUT2D eigenvalue weighted by Crippen LogP contribution is 2.21. The predicted molar refractivity (Wildman–Crippen MR) is 97.0 cm³/mol. The van der Waals surface area contributed by atoms with E-state index in [1.165, 1.54) is 12.0 Å². The number of benzene rings is 1. The fourth-order valence-corrected chi connectivity index (χ4v) is 3.21. The van der Waals surface area contributed by atoms with Crippen LogP contribution in [-0.4, -0.2) is 49.0 Å². The molecular weight excluding hydrogens is 300 g/mol. The average molecular weight is 328 g/mol. The molecule has 0 spiro atoms. The second kappa shape index (κ2) is 8.18. The molecule has 130 valence electrons. The lowest BCUT2D eigenvalue weighted by molar-refractivity contribution is -0.119. The molecular formula is C19H28N4O. The van der Waals surface area contributed by atoms with Crippen molar-refractivity contribution in [2.75, 3.05) is 26.2 Å². The number of carbonyl (C=O) groups is 1. The minimum atomic E-state index is 0.0351. The van der Waals surface area contributed by atoms with Crippen LogP contribution in [0.1, 0.15) is 31.7 Å². The zero-order valence-corrected chi connectivity index (χ0v) is 14.5. The van der Waals surface area contributed by atoms with E-state index in [4.69, 9.17) is 0 Å². The molecule has 24 heavy (non-hydrogen) atoms. The van der Waals surface area contributed by atoms with E-state index >= 15 is 0 Å². The highest BCUT2D eigenvalue weighted by Gasteiger charge is 2.26. The number of nitrogens with one attached hydrogen (secondary N) is 2. The van der Waals surface area contributed by atoms with Gasteiger partial charge in [-0.2, -0.15) is 0 Å². The van der Waals surface area contributed by atoms with Gasteiger partial charge in [-0.25, -0.2) is 4.99 Å². The molecule has 1 saturated heterocycles. The van der Waals surface area contributed by atoms with Gasteiger partial charge in [-0.3, -0.25) is 4.79 Å². The summed E-state index contributed by atoms with van der Waals surface area (Å²) in [5.74, 6) is 1.56. The molecule has 0 radical (unpaired) electrons. The van der Waals surface area contributed by atoms with Crippen molar-refractivity contribution in [3.8, 4) is 0 Å². The Kier molecular flexibility index (Phi) is 5.72. The van der Waals surface area contributed by atoms with Crippen LogP contribution in [0.5, 0.6) is 0 Å². The third-order valence-electron chi connectivity index (χ3n) is 4.60. The van der Waals surface area contributed by atoms with Gasteiger partial charge in [-0.15, -0.1) is 0 Å². The van der Waals surface area contributed by atoms with Crippen LogP contribution >= 0.6 is 0 Å². The molecule has 1 atom stereocenters. The molecule has 1 unspecified atom stereocenters. The number of carbonyl (C=O) groups excluding carboxylic acids is 1. The molecule has 2 aliphatic rings. The van der Waals surface area contributed by atoms with Crippen molar-refractivity contribution in [1.82, 2.24) is 15.5 Å². The van der Waals surface area contributed by atoms with Crippen molar-refractivity contribution in [2.24, 2.45) is 10.9 Å². The van der Waals surface area contributed by atoms with Gasteiger partial charge in [0.2, 0.25) is 5.91 Å². The second-order valence-corrected chi connectivity index (χ2v) is 6.80. The number of likely N-dealkylation sites (tertiary alicyclic amines) is 1. The average Bonchev–Trinajstić information content (AvgIpc) is 3.28. The van der Waals surface area contributed by atoms with Crippen molar-refractivity contribution < 1.29 is 4.79 Å². The first-order valence-corrected chi connectivity index (χ1v) is 9.11. The Morgan fingerprint density at radius 1 is 1.25 bits per heavy atom. The summed E-state index contributed by atoms with van der Waals surface area (Å²) in [4.78, 5) is 18.7. The fraction of sp³-hybridized carbons (Fsp3) is 0.579. The summed E-state index contributed by atoms with van der Waals surface area (Å²) < 4.78 is 0. The van der Waals surface area contributed by atoms with E-state index in [1.54, 1.807) is 0 Å². The molecule has 5 nitrogen and oxygen atoms in total. The van der Waals surface area contributed by atoms with Crippen LogP contribution in [0.15, 0.2) is 35.3 Å². The summed E-state index contributed by atoms with van der Waals surface area (Å²) in [5, 5.41) is 6.32. The van der Waals surface area contributed by atoms with Crippen LogP contribution in [0.25, 0.3) is 0 Å². The Hall–Kier alpha value is -2.04. The van der Waals surface area contributed by atoms with Gasteiger partial charge in [0.25, 0.3) is 0 Å². The van der Waals surface area contributed by atoms with Gasteiger partial charge in [0.1, 0.15) is 6.54 Å². The zero-order chi connectivity index (χ0) is 16.8. The molecule has 1 saturated carbocycles. The first kappa shape index (κ1) is 16.8. The van der Waals surface area contributed by atoms with Gasteiger partial charge in [0.05, 0.1) is 0 Å². The van der Waals surface area contributed by atoms with E-state index in [-0.39, 0.29) is 12.5 Å².